The van der Waals surface area contributed by atoms with E-state index >= 15 is 0 Å². The molecule has 6 heteroatoms. The minimum absolute atomic E-state index is 0.0304. The molecule has 1 saturated heterocycles. The number of nitrogens with zero attached hydrogens (tertiary/aromatic N) is 2. The highest BCUT2D eigenvalue weighted by Gasteiger charge is 2.48. The average molecular weight is 372 g/mol. The molecule has 1 aromatic carbocycles. The van der Waals surface area contributed by atoms with Crippen molar-refractivity contribution >= 4 is 17.5 Å². The van der Waals surface area contributed by atoms with Crippen LogP contribution in [0.2, 0.25) is 0 Å². The zero-order chi connectivity index (χ0) is 19.2. The molecule has 0 unspecified atom stereocenters. The van der Waals surface area contributed by atoms with Crippen LogP contribution in [0.1, 0.15) is 38.2 Å². The summed E-state index contributed by atoms with van der Waals surface area (Å²) >= 11 is 0. The molecule has 6 nitrogen and oxygen atoms in total. The SMILES string of the molecule is CC[C@]1(O)CCC[C@H]2CN(C(=O)CN3C(=O)COc4ccc(C)cc43)C[C@H]21. The Balaban J connectivity index is 1.50. The number of carbonyl (C=O) groups excluding carboxylic acids is 2. The van der Waals surface area contributed by atoms with E-state index in [1.54, 1.807) is 4.90 Å². The molecule has 1 aromatic rings. The van der Waals surface area contributed by atoms with Gasteiger partial charge in [0.15, 0.2) is 6.61 Å². The summed E-state index contributed by atoms with van der Waals surface area (Å²) in [5.41, 5.74) is 1.03. The lowest BCUT2D eigenvalue weighted by atomic mass is 9.69. The summed E-state index contributed by atoms with van der Waals surface area (Å²) in [7, 11) is 0. The highest BCUT2D eigenvalue weighted by atomic mass is 16.5. The number of aliphatic hydroxyl groups is 1. The van der Waals surface area contributed by atoms with E-state index < -0.39 is 5.60 Å². The summed E-state index contributed by atoms with van der Waals surface area (Å²) in [6.45, 7) is 5.25. The topological polar surface area (TPSA) is 70.1 Å². The van der Waals surface area contributed by atoms with Gasteiger partial charge in [0.25, 0.3) is 5.91 Å². The van der Waals surface area contributed by atoms with Crippen LogP contribution < -0.4 is 9.64 Å². The monoisotopic (exact) mass is 372 g/mol. The van der Waals surface area contributed by atoms with E-state index in [4.69, 9.17) is 4.74 Å². The van der Waals surface area contributed by atoms with Crippen molar-refractivity contribution in [2.75, 3.05) is 31.1 Å². The molecule has 2 heterocycles. The number of anilines is 1. The Morgan fingerprint density at radius 2 is 2.19 bits per heavy atom. The van der Waals surface area contributed by atoms with Crippen molar-refractivity contribution in [3.05, 3.63) is 23.8 Å². The predicted octanol–water partition coefficient (Wildman–Crippen LogP) is 2.12. The fourth-order valence-corrected chi connectivity index (χ4v) is 4.99. The predicted molar refractivity (Wildman–Crippen MR) is 102 cm³/mol. The molecule has 2 amide bonds. The summed E-state index contributed by atoms with van der Waals surface area (Å²) < 4.78 is 5.50. The maximum Gasteiger partial charge on any atom is 0.265 e. The number of carbonyl (C=O) groups is 2. The van der Waals surface area contributed by atoms with Crippen LogP contribution in [0.15, 0.2) is 18.2 Å². The first-order chi connectivity index (χ1) is 12.9. The maximum absolute atomic E-state index is 13.0. The van der Waals surface area contributed by atoms with Crippen LogP contribution >= 0.6 is 0 Å². The molecule has 146 valence electrons. The van der Waals surface area contributed by atoms with Crippen molar-refractivity contribution in [1.29, 1.82) is 0 Å². The summed E-state index contributed by atoms with van der Waals surface area (Å²) in [6, 6.07) is 5.67. The Labute approximate surface area is 160 Å². The first kappa shape index (κ1) is 18.3. The van der Waals surface area contributed by atoms with E-state index in [0.29, 0.717) is 30.4 Å². The Kier molecular flexibility index (Phi) is 4.62. The Morgan fingerprint density at radius 1 is 1.37 bits per heavy atom. The third-order valence-electron chi connectivity index (χ3n) is 6.63. The smallest absolute Gasteiger partial charge is 0.265 e. The summed E-state index contributed by atoms with van der Waals surface area (Å²) in [5, 5.41) is 11.0. The normalized spacial score (nSPS) is 30.0. The summed E-state index contributed by atoms with van der Waals surface area (Å²) in [4.78, 5) is 28.8. The van der Waals surface area contributed by atoms with Crippen molar-refractivity contribution in [3.8, 4) is 5.75 Å². The van der Waals surface area contributed by atoms with Crippen molar-refractivity contribution in [3.63, 3.8) is 0 Å². The van der Waals surface area contributed by atoms with Gasteiger partial charge in [0, 0.05) is 19.0 Å². The summed E-state index contributed by atoms with van der Waals surface area (Å²) in [6.07, 6.45) is 3.63. The minimum Gasteiger partial charge on any atom is -0.482 e. The number of fused-ring (bicyclic) bond motifs is 2. The van der Waals surface area contributed by atoms with E-state index in [2.05, 4.69) is 0 Å². The number of rotatable bonds is 3. The lowest BCUT2D eigenvalue weighted by molar-refractivity contribution is -0.131. The maximum atomic E-state index is 13.0. The zero-order valence-corrected chi connectivity index (χ0v) is 16.1. The van der Waals surface area contributed by atoms with Gasteiger partial charge in [0.05, 0.1) is 11.3 Å². The fourth-order valence-electron chi connectivity index (χ4n) is 4.99. The van der Waals surface area contributed by atoms with Gasteiger partial charge in [-0.3, -0.25) is 14.5 Å². The Bertz CT molecular complexity index is 765. The van der Waals surface area contributed by atoms with Crippen molar-refractivity contribution < 1.29 is 19.4 Å². The highest BCUT2D eigenvalue weighted by molar-refractivity contribution is 6.02. The molecule has 4 rings (SSSR count). The second-order valence-electron chi connectivity index (χ2n) is 8.25. The molecule has 1 saturated carbocycles. The van der Waals surface area contributed by atoms with Gasteiger partial charge in [-0.25, -0.2) is 0 Å². The minimum atomic E-state index is -0.656. The van der Waals surface area contributed by atoms with E-state index in [0.717, 1.165) is 31.2 Å². The van der Waals surface area contributed by atoms with Crippen molar-refractivity contribution in [2.24, 2.45) is 11.8 Å². The number of likely N-dealkylation sites (tertiary alicyclic amines) is 1. The largest absolute Gasteiger partial charge is 0.482 e. The van der Waals surface area contributed by atoms with E-state index in [1.807, 2.05) is 36.9 Å². The first-order valence-corrected chi connectivity index (χ1v) is 9.95. The van der Waals surface area contributed by atoms with Crippen molar-refractivity contribution in [1.82, 2.24) is 4.90 Å². The van der Waals surface area contributed by atoms with Gasteiger partial charge in [-0.15, -0.1) is 0 Å². The molecular weight excluding hydrogens is 344 g/mol. The second-order valence-corrected chi connectivity index (χ2v) is 8.25. The molecule has 3 atom stereocenters. The van der Waals surface area contributed by atoms with Crippen LogP contribution in [0.5, 0.6) is 5.75 Å². The molecule has 2 fully saturated rings. The number of hydrogen-bond acceptors (Lipinski definition) is 4. The lowest BCUT2D eigenvalue weighted by Gasteiger charge is -2.40. The van der Waals surface area contributed by atoms with Crippen LogP contribution in [-0.4, -0.2) is 53.7 Å². The first-order valence-electron chi connectivity index (χ1n) is 9.95. The van der Waals surface area contributed by atoms with E-state index in [9.17, 15) is 14.7 Å². The second kappa shape index (κ2) is 6.82. The molecule has 2 aliphatic heterocycles. The zero-order valence-electron chi connectivity index (χ0n) is 16.1. The molecule has 27 heavy (non-hydrogen) atoms. The lowest BCUT2D eigenvalue weighted by Crippen LogP contribution is -2.47. The number of hydrogen-bond donors (Lipinski definition) is 1. The van der Waals surface area contributed by atoms with Crippen LogP contribution in [0.4, 0.5) is 5.69 Å². The summed E-state index contributed by atoms with van der Waals surface area (Å²) in [5.74, 6) is 0.912. The van der Waals surface area contributed by atoms with Crippen LogP contribution in [0.25, 0.3) is 0 Å². The molecule has 1 aliphatic carbocycles. The third-order valence-corrected chi connectivity index (χ3v) is 6.63. The molecule has 0 spiro atoms. The quantitative estimate of drug-likeness (QED) is 0.882. The van der Waals surface area contributed by atoms with Crippen LogP contribution in [0, 0.1) is 18.8 Å². The molecule has 3 aliphatic rings. The molecule has 0 aromatic heterocycles. The number of benzene rings is 1. The van der Waals surface area contributed by atoms with Crippen molar-refractivity contribution in [2.45, 2.75) is 45.1 Å². The van der Waals surface area contributed by atoms with Gasteiger partial charge >= 0.3 is 0 Å². The highest BCUT2D eigenvalue weighted by Crippen LogP contribution is 2.44. The van der Waals surface area contributed by atoms with E-state index in [1.165, 1.54) is 0 Å². The van der Waals surface area contributed by atoms with Gasteiger partial charge in [-0.05, 0) is 49.8 Å². The molecule has 0 radical (unpaired) electrons. The van der Waals surface area contributed by atoms with Crippen LogP contribution in [0.3, 0.4) is 0 Å². The molecular formula is C21H28N2O4. The Morgan fingerprint density at radius 3 is 2.96 bits per heavy atom. The Hall–Kier alpha value is -2.08. The molecule has 0 bridgehead atoms. The number of ether oxygens (including phenoxy) is 1. The van der Waals surface area contributed by atoms with Gasteiger partial charge in [0.1, 0.15) is 12.3 Å². The standard InChI is InChI=1S/C21H28N2O4/c1-3-21(26)8-4-5-15-10-22(11-16(15)21)19(24)12-23-17-9-14(2)6-7-18(17)27-13-20(23)25/h6-7,9,15-16,26H,3-5,8,10-13H2,1-2H3/t15-,16+,21-/m0/s1. The number of amides is 2. The third kappa shape index (κ3) is 3.20. The van der Waals surface area contributed by atoms with Gasteiger partial charge in [0.2, 0.25) is 5.91 Å². The van der Waals surface area contributed by atoms with Crippen LogP contribution in [-0.2, 0) is 9.59 Å². The fraction of sp³-hybridized carbons (Fsp3) is 0.619. The van der Waals surface area contributed by atoms with E-state index in [-0.39, 0.29) is 30.9 Å². The number of aryl methyl sites for hydroxylation is 1. The average Bonchev–Trinajstić information content (AvgIpc) is 3.10. The van der Waals surface area contributed by atoms with Gasteiger partial charge in [-0.2, -0.15) is 0 Å². The van der Waals surface area contributed by atoms with Gasteiger partial charge < -0.3 is 14.7 Å². The van der Waals surface area contributed by atoms with Gasteiger partial charge in [-0.1, -0.05) is 19.4 Å². The molecule has 1 N–H and O–H groups in total.